The molecule has 0 aliphatic rings. The largest absolute Gasteiger partial charge is 0.348 e. The van der Waals surface area contributed by atoms with Crippen molar-refractivity contribution in [2.75, 3.05) is 18.0 Å². The summed E-state index contributed by atoms with van der Waals surface area (Å²) in [7, 11) is 0. The van der Waals surface area contributed by atoms with Crippen molar-refractivity contribution in [1.29, 1.82) is 0 Å². The van der Waals surface area contributed by atoms with Gasteiger partial charge in [0.15, 0.2) is 5.13 Å². The molecule has 0 bridgehead atoms. The molecule has 0 aliphatic heterocycles. The van der Waals surface area contributed by atoms with Crippen molar-refractivity contribution in [3.8, 4) is 11.3 Å². The fourth-order valence-electron chi connectivity index (χ4n) is 3.85. The fraction of sp³-hybridized carbons (Fsp3) is 0.640. The van der Waals surface area contributed by atoms with E-state index in [1.807, 2.05) is 11.3 Å². The first-order valence-corrected chi connectivity index (χ1v) is 13.2. The molecule has 2 atom stereocenters. The van der Waals surface area contributed by atoms with Gasteiger partial charge in [0.1, 0.15) is 0 Å². The first kappa shape index (κ1) is 24.4. The summed E-state index contributed by atoms with van der Waals surface area (Å²) in [5.41, 5.74) is 2.30. The zero-order chi connectivity index (χ0) is 21.1. The standard InChI is InChI=1S/C25H39BrN2S/c1-5-9-11-20(7-3)17-28(18-21(8-4)12-10-6-2)25-27-24(19-29-25)22-13-15-23(26)16-14-22/h13-16,19-21H,5-12,17-18H2,1-4H3. The van der Waals surface area contributed by atoms with Gasteiger partial charge in [0.25, 0.3) is 0 Å². The van der Waals surface area contributed by atoms with Gasteiger partial charge in [-0.1, -0.05) is 94.3 Å². The molecule has 2 nitrogen and oxygen atoms in total. The second kappa shape index (κ2) is 13.4. The van der Waals surface area contributed by atoms with Crippen LogP contribution in [0.5, 0.6) is 0 Å². The van der Waals surface area contributed by atoms with Gasteiger partial charge < -0.3 is 4.90 Å². The maximum atomic E-state index is 5.07. The van der Waals surface area contributed by atoms with E-state index in [1.165, 1.54) is 62.1 Å². The minimum Gasteiger partial charge on any atom is -0.348 e. The maximum absolute atomic E-state index is 5.07. The summed E-state index contributed by atoms with van der Waals surface area (Å²) in [6.07, 6.45) is 10.4. The number of aromatic nitrogens is 1. The molecule has 1 aromatic carbocycles. The van der Waals surface area contributed by atoms with E-state index in [2.05, 4.69) is 78.2 Å². The average Bonchev–Trinajstić information content (AvgIpc) is 3.23. The molecule has 0 radical (unpaired) electrons. The Morgan fingerprint density at radius 1 is 0.897 bits per heavy atom. The number of rotatable bonds is 14. The van der Waals surface area contributed by atoms with Crippen LogP contribution in [-0.4, -0.2) is 18.1 Å². The minimum absolute atomic E-state index is 0.763. The monoisotopic (exact) mass is 478 g/mol. The van der Waals surface area contributed by atoms with E-state index < -0.39 is 0 Å². The third-order valence-corrected chi connectivity index (χ3v) is 7.38. The molecule has 4 heteroatoms. The lowest BCUT2D eigenvalue weighted by Gasteiger charge is -2.30. The highest BCUT2D eigenvalue weighted by atomic mass is 79.9. The molecule has 0 spiro atoms. The molecule has 2 aromatic rings. The number of hydrogen-bond acceptors (Lipinski definition) is 3. The van der Waals surface area contributed by atoms with Gasteiger partial charge in [-0.15, -0.1) is 11.3 Å². The molecule has 0 fully saturated rings. The second-order valence-corrected chi connectivity index (χ2v) is 10.0. The van der Waals surface area contributed by atoms with Crippen LogP contribution in [-0.2, 0) is 0 Å². The molecule has 0 amide bonds. The van der Waals surface area contributed by atoms with Gasteiger partial charge in [-0.2, -0.15) is 0 Å². The van der Waals surface area contributed by atoms with E-state index in [0.29, 0.717) is 0 Å². The highest BCUT2D eigenvalue weighted by Crippen LogP contribution is 2.31. The molecule has 1 aromatic heterocycles. The Morgan fingerprint density at radius 2 is 1.45 bits per heavy atom. The van der Waals surface area contributed by atoms with Crippen molar-refractivity contribution in [2.45, 2.75) is 79.1 Å². The van der Waals surface area contributed by atoms with Crippen LogP contribution in [0.15, 0.2) is 34.1 Å². The Kier molecular flexibility index (Phi) is 11.3. The summed E-state index contributed by atoms with van der Waals surface area (Å²) in [6, 6.07) is 8.50. The Morgan fingerprint density at radius 3 is 1.93 bits per heavy atom. The first-order chi connectivity index (χ1) is 14.1. The molecule has 0 saturated heterocycles. The van der Waals surface area contributed by atoms with Gasteiger partial charge in [0.05, 0.1) is 5.69 Å². The van der Waals surface area contributed by atoms with E-state index in [0.717, 1.165) is 35.1 Å². The molecule has 2 unspecified atom stereocenters. The number of benzene rings is 1. The second-order valence-electron chi connectivity index (χ2n) is 8.26. The van der Waals surface area contributed by atoms with Gasteiger partial charge in [-0.05, 0) is 36.8 Å². The number of unbranched alkanes of at least 4 members (excludes halogenated alkanes) is 2. The molecule has 0 N–H and O–H groups in total. The lowest BCUT2D eigenvalue weighted by atomic mass is 9.96. The van der Waals surface area contributed by atoms with Gasteiger partial charge >= 0.3 is 0 Å². The maximum Gasteiger partial charge on any atom is 0.185 e. The number of halogens is 1. The molecule has 0 aliphatic carbocycles. The normalized spacial score (nSPS) is 13.4. The zero-order valence-electron chi connectivity index (χ0n) is 18.8. The van der Waals surface area contributed by atoms with Gasteiger partial charge in [-0.3, -0.25) is 0 Å². The van der Waals surface area contributed by atoms with Crippen LogP contribution in [0, 0.1) is 11.8 Å². The van der Waals surface area contributed by atoms with Crippen molar-refractivity contribution in [3.05, 3.63) is 34.1 Å². The van der Waals surface area contributed by atoms with Crippen LogP contribution in [0.25, 0.3) is 11.3 Å². The predicted octanol–water partition coefficient (Wildman–Crippen LogP) is 8.81. The number of anilines is 1. The number of hydrogen-bond donors (Lipinski definition) is 0. The summed E-state index contributed by atoms with van der Waals surface area (Å²) in [5, 5.41) is 3.43. The topological polar surface area (TPSA) is 16.1 Å². The number of nitrogens with zero attached hydrogens (tertiary/aromatic N) is 2. The summed E-state index contributed by atoms with van der Waals surface area (Å²) < 4.78 is 1.11. The molecule has 29 heavy (non-hydrogen) atoms. The van der Waals surface area contributed by atoms with Crippen molar-refractivity contribution < 1.29 is 0 Å². The van der Waals surface area contributed by atoms with Crippen molar-refractivity contribution in [3.63, 3.8) is 0 Å². The van der Waals surface area contributed by atoms with E-state index in [-0.39, 0.29) is 0 Å². The Balaban J connectivity index is 2.19. The van der Waals surface area contributed by atoms with Crippen LogP contribution in [0.2, 0.25) is 0 Å². The smallest absolute Gasteiger partial charge is 0.185 e. The van der Waals surface area contributed by atoms with Crippen molar-refractivity contribution in [2.24, 2.45) is 11.8 Å². The van der Waals surface area contributed by atoms with Gasteiger partial charge in [-0.25, -0.2) is 4.98 Å². The SMILES string of the molecule is CCCCC(CC)CN(CC(CC)CCCC)c1nc(-c2ccc(Br)cc2)cs1. The summed E-state index contributed by atoms with van der Waals surface area (Å²) in [4.78, 5) is 7.69. The van der Waals surface area contributed by atoms with E-state index in [1.54, 1.807) is 0 Å². The van der Waals surface area contributed by atoms with Crippen LogP contribution in [0.1, 0.15) is 79.1 Å². The van der Waals surface area contributed by atoms with E-state index >= 15 is 0 Å². The first-order valence-electron chi connectivity index (χ1n) is 11.6. The average molecular weight is 480 g/mol. The van der Waals surface area contributed by atoms with Crippen molar-refractivity contribution in [1.82, 2.24) is 4.98 Å². The quantitative estimate of drug-likeness (QED) is 0.269. The summed E-state index contributed by atoms with van der Waals surface area (Å²) >= 11 is 5.34. The van der Waals surface area contributed by atoms with Gasteiger partial charge in [0, 0.05) is 28.5 Å². The predicted molar refractivity (Wildman–Crippen MR) is 134 cm³/mol. The Hall–Kier alpha value is -0.870. The Labute approximate surface area is 191 Å². The lowest BCUT2D eigenvalue weighted by Crippen LogP contribution is -2.34. The zero-order valence-corrected chi connectivity index (χ0v) is 21.2. The third kappa shape index (κ3) is 8.05. The molecular weight excluding hydrogens is 440 g/mol. The fourth-order valence-corrected chi connectivity index (χ4v) is 4.97. The summed E-state index contributed by atoms with van der Waals surface area (Å²) in [5.74, 6) is 1.53. The minimum atomic E-state index is 0.763. The molecule has 0 saturated carbocycles. The van der Waals surface area contributed by atoms with Crippen LogP contribution >= 0.6 is 27.3 Å². The highest BCUT2D eigenvalue weighted by molar-refractivity contribution is 9.10. The van der Waals surface area contributed by atoms with E-state index in [4.69, 9.17) is 4.98 Å². The third-order valence-electron chi connectivity index (χ3n) is 5.95. The summed E-state index contributed by atoms with van der Waals surface area (Å²) in [6.45, 7) is 11.6. The molecular formula is C25H39BrN2S. The van der Waals surface area contributed by atoms with Crippen LogP contribution < -0.4 is 4.90 Å². The lowest BCUT2D eigenvalue weighted by molar-refractivity contribution is 0.403. The van der Waals surface area contributed by atoms with Gasteiger partial charge in [0.2, 0.25) is 0 Å². The van der Waals surface area contributed by atoms with Crippen LogP contribution in [0.3, 0.4) is 0 Å². The molecule has 2 rings (SSSR count). The Bertz CT molecular complexity index is 664. The van der Waals surface area contributed by atoms with Crippen LogP contribution in [0.4, 0.5) is 5.13 Å². The van der Waals surface area contributed by atoms with Crippen molar-refractivity contribution >= 4 is 32.4 Å². The number of thiazole rings is 1. The highest BCUT2D eigenvalue weighted by Gasteiger charge is 2.20. The van der Waals surface area contributed by atoms with E-state index in [9.17, 15) is 0 Å². The molecule has 162 valence electrons. The molecule has 1 heterocycles.